The van der Waals surface area contributed by atoms with E-state index in [0.717, 1.165) is 35.7 Å². The van der Waals surface area contributed by atoms with E-state index in [4.69, 9.17) is 9.47 Å². The lowest BCUT2D eigenvalue weighted by Gasteiger charge is -2.24. The van der Waals surface area contributed by atoms with E-state index in [1.54, 1.807) is 6.20 Å². The van der Waals surface area contributed by atoms with Gasteiger partial charge in [0.2, 0.25) is 0 Å². The van der Waals surface area contributed by atoms with Crippen LogP contribution in [0, 0.1) is 0 Å². The van der Waals surface area contributed by atoms with Gasteiger partial charge in [0.25, 0.3) is 5.91 Å². The summed E-state index contributed by atoms with van der Waals surface area (Å²) in [5.74, 6) is 2.14. The molecule has 0 radical (unpaired) electrons. The van der Waals surface area contributed by atoms with Gasteiger partial charge in [0.05, 0.1) is 24.4 Å². The van der Waals surface area contributed by atoms with E-state index in [1.165, 1.54) is 19.3 Å². The van der Waals surface area contributed by atoms with E-state index in [9.17, 15) is 4.79 Å². The quantitative estimate of drug-likeness (QED) is 0.860. The van der Waals surface area contributed by atoms with E-state index in [0.29, 0.717) is 18.2 Å². The number of hydrogen-bond donors (Lipinski definition) is 1. The summed E-state index contributed by atoms with van der Waals surface area (Å²) in [6, 6.07) is 7.89. The molecule has 142 valence electrons. The molecule has 1 aromatic heterocycles. The Morgan fingerprint density at radius 1 is 1.30 bits per heavy atom. The lowest BCUT2D eigenvalue weighted by molar-refractivity contribution is -0.113. The number of fused-ring (bicyclic) bond motifs is 1. The predicted molar refractivity (Wildman–Crippen MR) is 104 cm³/mol. The Morgan fingerprint density at radius 2 is 2.15 bits per heavy atom. The Labute approximate surface area is 159 Å². The number of rotatable bonds is 5. The average Bonchev–Trinajstić information content (AvgIpc) is 3.16. The molecule has 1 N–H and O–H groups in total. The van der Waals surface area contributed by atoms with Crippen LogP contribution in [0.1, 0.15) is 50.6 Å². The minimum absolute atomic E-state index is 0.153. The van der Waals surface area contributed by atoms with Crippen molar-refractivity contribution in [1.29, 1.82) is 0 Å². The standard InChI is InChI=1S/C21H25N3O3/c1-2-26-18-8-9-19-15(13-18)12-16(14-27-19)21(25)23-20-10-11-22-24(20)17-6-4-3-5-7-17/h8-13,17H,2-7,14H2,1H3,(H,23,25). The second kappa shape index (κ2) is 7.86. The molecule has 1 fully saturated rings. The van der Waals surface area contributed by atoms with Gasteiger partial charge in [-0.15, -0.1) is 0 Å². The number of aromatic nitrogens is 2. The molecule has 2 heterocycles. The van der Waals surface area contributed by atoms with Crippen LogP contribution in [0.3, 0.4) is 0 Å². The molecule has 2 aliphatic rings. The Kier molecular flexibility index (Phi) is 5.14. The van der Waals surface area contributed by atoms with Crippen LogP contribution in [-0.4, -0.2) is 28.9 Å². The predicted octanol–water partition coefficient (Wildman–Crippen LogP) is 4.20. The minimum atomic E-state index is -0.153. The second-order valence-electron chi connectivity index (χ2n) is 7.00. The first kappa shape index (κ1) is 17.6. The summed E-state index contributed by atoms with van der Waals surface area (Å²) >= 11 is 0. The third-order valence-corrected chi connectivity index (χ3v) is 5.13. The molecule has 1 amide bonds. The highest BCUT2D eigenvalue weighted by atomic mass is 16.5. The molecule has 6 nitrogen and oxygen atoms in total. The summed E-state index contributed by atoms with van der Waals surface area (Å²) in [7, 11) is 0. The Hall–Kier alpha value is -2.76. The summed E-state index contributed by atoms with van der Waals surface area (Å²) in [6.07, 6.45) is 9.57. The van der Waals surface area contributed by atoms with Gasteiger partial charge in [-0.2, -0.15) is 5.10 Å². The van der Waals surface area contributed by atoms with Crippen LogP contribution in [-0.2, 0) is 4.79 Å². The topological polar surface area (TPSA) is 65.4 Å². The van der Waals surface area contributed by atoms with E-state index in [-0.39, 0.29) is 12.5 Å². The van der Waals surface area contributed by atoms with Gasteiger partial charge >= 0.3 is 0 Å². The van der Waals surface area contributed by atoms with Crippen molar-refractivity contribution in [3.63, 3.8) is 0 Å². The van der Waals surface area contributed by atoms with Gasteiger partial charge in [0.15, 0.2) is 0 Å². The van der Waals surface area contributed by atoms with Crippen molar-refractivity contribution >= 4 is 17.8 Å². The molecule has 0 spiro atoms. The number of nitrogens with one attached hydrogen (secondary N) is 1. The van der Waals surface area contributed by atoms with E-state index in [2.05, 4.69) is 10.4 Å². The zero-order valence-corrected chi connectivity index (χ0v) is 15.6. The first-order valence-corrected chi connectivity index (χ1v) is 9.69. The molecule has 0 saturated heterocycles. The number of benzene rings is 1. The highest BCUT2D eigenvalue weighted by Gasteiger charge is 2.22. The molecule has 1 aliphatic heterocycles. The molecule has 1 aromatic carbocycles. The van der Waals surface area contributed by atoms with Gasteiger partial charge in [0.1, 0.15) is 23.9 Å². The summed E-state index contributed by atoms with van der Waals surface area (Å²) in [5, 5.41) is 7.45. The highest BCUT2D eigenvalue weighted by Crippen LogP contribution is 2.32. The maximum atomic E-state index is 12.8. The van der Waals surface area contributed by atoms with E-state index in [1.807, 2.05) is 41.9 Å². The van der Waals surface area contributed by atoms with Crippen molar-refractivity contribution in [2.24, 2.45) is 0 Å². The number of amides is 1. The van der Waals surface area contributed by atoms with Crippen LogP contribution in [0.25, 0.3) is 6.08 Å². The molecule has 27 heavy (non-hydrogen) atoms. The molecular weight excluding hydrogens is 342 g/mol. The van der Waals surface area contributed by atoms with E-state index >= 15 is 0 Å². The van der Waals surface area contributed by atoms with Crippen molar-refractivity contribution in [3.8, 4) is 11.5 Å². The van der Waals surface area contributed by atoms with Crippen molar-refractivity contribution in [1.82, 2.24) is 9.78 Å². The van der Waals surface area contributed by atoms with Crippen molar-refractivity contribution in [2.75, 3.05) is 18.5 Å². The van der Waals surface area contributed by atoms with Gasteiger partial charge in [-0.3, -0.25) is 4.79 Å². The molecule has 2 aromatic rings. The van der Waals surface area contributed by atoms with Crippen molar-refractivity contribution in [2.45, 2.75) is 45.1 Å². The number of carbonyl (C=O) groups excluding carboxylic acids is 1. The van der Waals surface area contributed by atoms with Crippen LogP contribution in [0.15, 0.2) is 36.0 Å². The molecule has 1 saturated carbocycles. The third-order valence-electron chi connectivity index (χ3n) is 5.13. The number of anilines is 1. The van der Waals surface area contributed by atoms with Gasteiger partial charge in [0, 0.05) is 11.6 Å². The largest absolute Gasteiger partial charge is 0.494 e. The second-order valence-corrected chi connectivity index (χ2v) is 7.00. The van der Waals surface area contributed by atoms with Crippen LogP contribution in [0.5, 0.6) is 11.5 Å². The molecule has 1 aliphatic carbocycles. The fourth-order valence-electron chi connectivity index (χ4n) is 3.77. The fraction of sp³-hybridized carbons (Fsp3) is 0.429. The summed E-state index contributed by atoms with van der Waals surface area (Å²) < 4.78 is 13.2. The van der Waals surface area contributed by atoms with Crippen LogP contribution >= 0.6 is 0 Å². The first-order valence-electron chi connectivity index (χ1n) is 9.69. The Balaban J connectivity index is 1.51. The first-order chi connectivity index (χ1) is 13.2. The summed E-state index contributed by atoms with van der Waals surface area (Å²) in [4.78, 5) is 12.8. The van der Waals surface area contributed by atoms with Crippen molar-refractivity contribution in [3.05, 3.63) is 41.6 Å². The minimum Gasteiger partial charge on any atom is -0.494 e. The molecule has 0 atom stereocenters. The number of hydrogen-bond acceptors (Lipinski definition) is 4. The van der Waals surface area contributed by atoms with Crippen LogP contribution in [0.4, 0.5) is 5.82 Å². The third kappa shape index (κ3) is 3.84. The van der Waals surface area contributed by atoms with Crippen LogP contribution < -0.4 is 14.8 Å². The van der Waals surface area contributed by atoms with E-state index < -0.39 is 0 Å². The lowest BCUT2D eigenvalue weighted by atomic mass is 9.96. The zero-order valence-electron chi connectivity index (χ0n) is 15.6. The monoisotopic (exact) mass is 367 g/mol. The Bertz CT molecular complexity index is 850. The lowest BCUT2D eigenvalue weighted by Crippen LogP contribution is -2.24. The molecule has 0 unspecified atom stereocenters. The van der Waals surface area contributed by atoms with Gasteiger partial charge in [-0.25, -0.2) is 4.68 Å². The maximum Gasteiger partial charge on any atom is 0.256 e. The number of nitrogens with zero attached hydrogens (tertiary/aromatic N) is 2. The molecule has 4 rings (SSSR count). The maximum absolute atomic E-state index is 12.8. The molecular formula is C21H25N3O3. The zero-order chi connectivity index (χ0) is 18.6. The van der Waals surface area contributed by atoms with Crippen LogP contribution in [0.2, 0.25) is 0 Å². The number of ether oxygens (including phenoxy) is 2. The Morgan fingerprint density at radius 3 is 2.96 bits per heavy atom. The fourth-order valence-corrected chi connectivity index (χ4v) is 3.77. The van der Waals surface area contributed by atoms with Gasteiger partial charge < -0.3 is 14.8 Å². The molecule has 6 heteroatoms. The molecule has 0 bridgehead atoms. The van der Waals surface area contributed by atoms with Crippen molar-refractivity contribution < 1.29 is 14.3 Å². The number of carbonyl (C=O) groups is 1. The summed E-state index contributed by atoms with van der Waals surface area (Å²) in [5.41, 5.74) is 1.45. The highest BCUT2D eigenvalue weighted by molar-refractivity contribution is 6.07. The van der Waals surface area contributed by atoms with Gasteiger partial charge in [-0.1, -0.05) is 19.3 Å². The summed E-state index contributed by atoms with van der Waals surface area (Å²) in [6.45, 7) is 2.80. The SMILES string of the molecule is CCOc1ccc2c(c1)C=C(C(=O)Nc1ccnn1C1CCCCC1)CO2. The average molecular weight is 367 g/mol. The smallest absolute Gasteiger partial charge is 0.256 e. The van der Waals surface area contributed by atoms with Gasteiger partial charge in [-0.05, 0) is 44.0 Å². The normalized spacial score (nSPS) is 16.9.